The summed E-state index contributed by atoms with van der Waals surface area (Å²) in [6.07, 6.45) is 0. The van der Waals surface area contributed by atoms with E-state index < -0.39 is 0 Å². The fourth-order valence-corrected chi connectivity index (χ4v) is 3.84. The van der Waals surface area contributed by atoms with Gasteiger partial charge in [0.1, 0.15) is 5.75 Å². The quantitative estimate of drug-likeness (QED) is 0.500. The molecule has 2 aromatic carbocycles. The molecule has 0 saturated carbocycles. The minimum Gasteiger partial charge on any atom is -0.496 e. The van der Waals surface area contributed by atoms with Crippen LogP contribution in [0.3, 0.4) is 0 Å². The standard InChI is InChI=1S/C19H16N4O3S/c1-22-16(14-9-5-6-10-15(14)26-2)20-21-19(22)27-11-23-17(24)12-7-3-4-8-13(12)18(23)25/h3-10H,11H2,1-2H3. The Labute approximate surface area is 160 Å². The molecule has 2 amide bonds. The predicted octanol–water partition coefficient (Wildman–Crippen LogP) is 2.84. The van der Waals surface area contributed by atoms with E-state index in [0.717, 1.165) is 5.56 Å². The minimum atomic E-state index is -0.282. The lowest BCUT2D eigenvalue weighted by Crippen LogP contribution is -2.29. The smallest absolute Gasteiger partial charge is 0.262 e. The Bertz CT molecular complexity index is 1010. The number of hydrogen-bond donors (Lipinski definition) is 0. The van der Waals surface area contributed by atoms with E-state index in [2.05, 4.69) is 10.2 Å². The summed E-state index contributed by atoms with van der Waals surface area (Å²) in [5.41, 5.74) is 1.70. The summed E-state index contributed by atoms with van der Waals surface area (Å²) < 4.78 is 7.20. The lowest BCUT2D eigenvalue weighted by atomic mass is 10.1. The van der Waals surface area contributed by atoms with Gasteiger partial charge in [0.2, 0.25) is 0 Å². The van der Waals surface area contributed by atoms with Crippen LogP contribution in [0.1, 0.15) is 20.7 Å². The highest BCUT2D eigenvalue weighted by atomic mass is 32.2. The van der Waals surface area contributed by atoms with Crippen molar-refractivity contribution >= 4 is 23.6 Å². The van der Waals surface area contributed by atoms with Crippen molar-refractivity contribution in [1.29, 1.82) is 0 Å². The first-order chi connectivity index (χ1) is 13.1. The van der Waals surface area contributed by atoms with Crippen molar-refractivity contribution in [2.45, 2.75) is 5.16 Å². The van der Waals surface area contributed by atoms with Crippen LogP contribution in [0.5, 0.6) is 5.75 Å². The zero-order chi connectivity index (χ0) is 19.0. The van der Waals surface area contributed by atoms with E-state index in [9.17, 15) is 9.59 Å². The second kappa shape index (κ2) is 6.88. The zero-order valence-electron chi connectivity index (χ0n) is 14.7. The maximum Gasteiger partial charge on any atom is 0.262 e. The number of carbonyl (C=O) groups excluding carboxylic acids is 2. The molecule has 0 atom stereocenters. The first-order valence-corrected chi connectivity index (χ1v) is 9.21. The fourth-order valence-electron chi connectivity index (χ4n) is 2.98. The van der Waals surface area contributed by atoms with Crippen molar-refractivity contribution in [3.05, 3.63) is 59.7 Å². The molecular weight excluding hydrogens is 364 g/mol. The van der Waals surface area contributed by atoms with Gasteiger partial charge in [-0.1, -0.05) is 36.0 Å². The SMILES string of the molecule is COc1ccccc1-c1nnc(SCN2C(=O)c3ccccc3C2=O)n1C. The molecule has 1 aliphatic heterocycles. The maximum atomic E-state index is 12.5. The van der Waals surface area contributed by atoms with Gasteiger partial charge in [-0.2, -0.15) is 0 Å². The Morgan fingerprint density at radius 2 is 1.52 bits per heavy atom. The second-order valence-electron chi connectivity index (χ2n) is 5.92. The van der Waals surface area contributed by atoms with E-state index in [0.29, 0.717) is 27.9 Å². The number of carbonyl (C=O) groups is 2. The summed E-state index contributed by atoms with van der Waals surface area (Å²) in [6, 6.07) is 14.4. The van der Waals surface area contributed by atoms with Crippen LogP contribution in [0.25, 0.3) is 11.4 Å². The predicted molar refractivity (Wildman–Crippen MR) is 101 cm³/mol. The number of ether oxygens (including phenoxy) is 1. The summed E-state index contributed by atoms with van der Waals surface area (Å²) in [6.45, 7) is 0. The highest BCUT2D eigenvalue weighted by molar-refractivity contribution is 7.99. The third-order valence-electron chi connectivity index (χ3n) is 4.38. The van der Waals surface area contributed by atoms with Crippen LogP contribution in [-0.4, -0.2) is 44.5 Å². The molecule has 0 N–H and O–H groups in total. The first-order valence-electron chi connectivity index (χ1n) is 8.22. The number of benzene rings is 2. The molecule has 0 radical (unpaired) electrons. The van der Waals surface area contributed by atoms with Crippen molar-refractivity contribution in [3.8, 4) is 17.1 Å². The molecule has 4 rings (SSSR count). The van der Waals surface area contributed by atoms with Gasteiger partial charge in [-0.3, -0.25) is 14.5 Å². The number of thioether (sulfide) groups is 1. The molecule has 7 nitrogen and oxygen atoms in total. The number of para-hydroxylation sites is 1. The molecular formula is C19H16N4O3S. The highest BCUT2D eigenvalue weighted by Crippen LogP contribution is 2.31. The number of aromatic nitrogens is 3. The number of nitrogens with zero attached hydrogens (tertiary/aromatic N) is 4. The Balaban J connectivity index is 1.55. The van der Waals surface area contributed by atoms with E-state index in [1.54, 1.807) is 31.4 Å². The number of imide groups is 1. The molecule has 3 aromatic rings. The van der Waals surface area contributed by atoms with Crippen LogP contribution < -0.4 is 4.74 Å². The van der Waals surface area contributed by atoms with E-state index in [4.69, 9.17) is 4.74 Å². The van der Waals surface area contributed by atoms with E-state index in [1.165, 1.54) is 16.7 Å². The lowest BCUT2D eigenvalue weighted by Gasteiger charge is -2.13. The van der Waals surface area contributed by atoms with Gasteiger partial charge >= 0.3 is 0 Å². The highest BCUT2D eigenvalue weighted by Gasteiger charge is 2.35. The van der Waals surface area contributed by atoms with E-state index >= 15 is 0 Å². The topological polar surface area (TPSA) is 77.3 Å². The molecule has 27 heavy (non-hydrogen) atoms. The van der Waals surface area contributed by atoms with Gasteiger partial charge in [0.05, 0.1) is 29.7 Å². The third-order valence-corrected chi connectivity index (χ3v) is 5.38. The normalized spacial score (nSPS) is 13.2. The van der Waals surface area contributed by atoms with Crippen molar-refractivity contribution in [3.63, 3.8) is 0 Å². The molecule has 136 valence electrons. The Kier molecular flexibility index (Phi) is 4.41. The van der Waals surface area contributed by atoms with Crippen molar-refractivity contribution < 1.29 is 14.3 Å². The Morgan fingerprint density at radius 3 is 2.15 bits per heavy atom. The number of fused-ring (bicyclic) bond motifs is 1. The van der Waals surface area contributed by atoms with Gasteiger partial charge in [0.25, 0.3) is 11.8 Å². The molecule has 0 bridgehead atoms. The maximum absolute atomic E-state index is 12.5. The second-order valence-corrected chi connectivity index (χ2v) is 6.83. The third kappa shape index (κ3) is 2.87. The van der Waals surface area contributed by atoms with Crippen LogP contribution in [-0.2, 0) is 7.05 Å². The zero-order valence-corrected chi connectivity index (χ0v) is 15.6. The van der Waals surface area contributed by atoms with Crippen LogP contribution in [0.2, 0.25) is 0 Å². The molecule has 0 unspecified atom stereocenters. The van der Waals surface area contributed by atoms with Crippen LogP contribution in [0.4, 0.5) is 0 Å². The van der Waals surface area contributed by atoms with Crippen LogP contribution >= 0.6 is 11.8 Å². The van der Waals surface area contributed by atoms with Crippen molar-refractivity contribution in [2.24, 2.45) is 7.05 Å². The van der Waals surface area contributed by atoms with Crippen LogP contribution in [0.15, 0.2) is 53.7 Å². The van der Waals surface area contributed by atoms with Gasteiger partial charge in [0.15, 0.2) is 11.0 Å². The summed E-state index contributed by atoms with van der Waals surface area (Å²) >= 11 is 1.28. The number of amides is 2. The summed E-state index contributed by atoms with van der Waals surface area (Å²) in [5.74, 6) is 0.956. The van der Waals surface area contributed by atoms with Gasteiger partial charge < -0.3 is 9.30 Å². The molecule has 8 heteroatoms. The summed E-state index contributed by atoms with van der Waals surface area (Å²) in [5, 5.41) is 9.04. The number of hydrogen-bond acceptors (Lipinski definition) is 6. The molecule has 1 aromatic heterocycles. The average molecular weight is 380 g/mol. The monoisotopic (exact) mass is 380 g/mol. The average Bonchev–Trinajstić information content (AvgIpc) is 3.18. The molecule has 0 saturated heterocycles. The molecule has 0 aliphatic carbocycles. The van der Waals surface area contributed by atoms with Gasteiger partial charge in [0, 0.05) is 7.05 Å². The first kappa shape index (κ1) is 17.3. The summed E-state index contributed by atoms with van der Waals surface area (Å²) in [4.78, 5) is 26.1. The van der Waals surface area contributed by atoms with Gasteiger partial charge in [-0.25, -0.2) is 0 Å². The molecule has 0 spiro atoms. The Morgan fingerprint density at radius 1 is 0.926 bits per heavy atom. The fraction of sp³-hybridized carbons (Fsp3) is 0.158. The van der Waals surface area contributed by atoms with Crippen molar-refractivity contribution in [2.75, 3.05) is 13.0 Å². The number of methoxy groups -OCH3 is 1. The van der Waals surface area contributed by atoms with Crippen molar-refractivity contribution in [1.82, 2.24) is 19.7 Å². The summed E-state index contributed by atoms with van der Waals surface area (Å²) in [7, 11) is 3.44. The molecule has 1 aliphatic rings. The number of rotatable bonds is 5. The van der Waals surface area contributed by atoms with Gasteiger partial charge in [-0.05, 0) is 24.3 Å². The van der Waals surface area contributed by atoms with Gasteiger partial charge in [-0.15, -0.1) is 10.2 Å². The van der Waals surface area contributed by atoms with E-state index in [-0.39, 0.29) is 17.7 Å². The van der Waals surface area contributed by atoms with Crippen LogP contribution in [0, 0.1) is 0 Å². The molecule has 2 heterocycles. The minimum absolute atomic E-state index is 0.171. The Hall–Kier alpha value is -3.13. The van der Waals surface area contributed by atoms with E-state index in [1.807, 2.05) is 35.9 Å². The molecule has 0 fully saturated rings. The lowest BCUT2D eigenvalue weighted by molar-refractivity contribution is 0.0684. The largest absolute Gasteiger partial charge is 0.496 e.